The highest BCUT2D eigenvalue weighted by Gasteiger charge is 2.29. The number of thiol groups is 1. The molecule has 0 radical (unpaired) electrons. The Morgan fingerprint density at radius 3 is 2.53 bits per heavy atom. The maximum Gasteiger partial charge on any atom is 0.281 e. The van der Waals surface area contributed by atoms with Crippen LogP contribution in [0.15, 0.2) is 18.2 Å². The summed E-state index contributed by atoms with van der Waals surface area (Å²) in [5, 5.41) is 12.0. The van der Waals surface area contributed by atoms with Crippen molar-refractivity contribution >= 4 is 36.4 Å². The standard InChI is InChI=1S/C28H40F2N10O4S/c1-18-15-43-12-11-40(18)28-35-25(20-14-32-26(31)33-23(20)24(29)30)34-27(36-28)39-9-7-38(8-10-39)22(42)17-44-16-19-2-5-37(6-3-19)21(41)4-13-45/h4,14,18-19,24,41,45H,2-3,5-13,15-17H2,1H3,(H2,31,32,33)/p-1/b21-4+/t18-/m0/s1. The lowest BCUT2D eigenvalue weighted by Gasteiger charge is -2.38. The van der Waals surface area contributed by atoms with Crippen LogP contribution in [0.2, 0.25) is 0 Å². The summed E-state index contributed by atoms with van der Waals surface area (Å²) in [7, 11) is 0. The number of nitrogens with two attached hydrogens (primary N) is 1. The summed E-state index contributed by atoms with van der Waals surface area (Å²) in [6.07, 6.45) is 1.53. The summed E-state index contributed by atoms with van der Waals surface area (Å²) in [5.74, 6) is 1.03. The smallest absolute Gasteiger partial charge is 0.281 e. The van der Waals surface area contributed by atoms with Crippen molar-refractivity contribution in [2.24, 2.45) is 5.92 Å². The van der Waals surface area contributed by atoms with Crippen molar-refractivity contribution in [2.45, 2.75) is 32.2 Å². The molecule has 3 aliphatic rings. The molecular weight excluding hydrogens is 610 g/mol. The Bertz CT molecular complexity index is 1340. The predicted molar refractivity (Wildman–Crippen MR) is 164 cm³/mol. The molecule has 45 heavy (non-hydrogen) atoms. The second-order valence-electron chi connectivity index (χ2n) is 11.2. The number of morpholine rings is 1. The minimum Gasteiger partial charge on any atom is -0.861 e. The van der Waals surface area contributed by atoms with Crippen molar-refractivity contribution in [3.05, 3.63) is 23.8 Å². The lowest BCUT2D eigenvalue weighted by molar-refractivity contribution is -0.334. The zero-order valence-electron chi connectivity index (χ0n) is 25.2. The number of carbonyl (C=O) groups is 1. The highest BCUT2D eigenvalue weighted by Crippen LogP contribution is 2.30. The van der Waals surface area contributed by atoms with E-state index < -0.39 is 12.1 Å². The van der Waals surface area contributed by atoms with E-state index in [0.717, 1.165) is 12.8 Å². The predicted octanol–water partition coefficient (Wildman–Crippen LogP) is 0.582. The molecule has 14 nitrogen and oxygen atoms in total. The van der Waals surface area contributed by atoms with Gasteiger partial charge in [-0.1, -0.05) is 6.08 Å². The number of anilines is 3. The molecule has 246 valence electrons. The maximum atomic E-state index is 13.9. The molecule has 5 rings (SSSR count). The number of carbonyl (C=O) groups excluding carboxylic acids is 1. The van der Waals surface area contributed by atoms with Gasteiger partial charge in [0.2, 0.25) is 23.8 Å². The minimum absolute atomic E-state index is 0.0103. The molecule has 0 aliphatic carbocycles. The van der Waals surface area contributed by atoms with Gasteiger partial charge in [-0.3, -0.25) is 4.79 Å². The number of rotatable bonds is 10. The van der Waals surface area contributed by atoms with Crippen LogP contribution >= 0.6 is 12.6 Å². The molecule has 1 atom stereocenters. The topological polar surface area (TPSA) is 162 Å². The molecule has 17 heteroatoms. The van der Waals surface area contributed by atoms with E-state index >= 15 is 0 Å². The lowest BCUT2D eigenvalue weighted by atomic mass is 9.98. The fraction of sp³-hybridized carbons (Fsp3) is 0.643. The quantitative estimate of drug-likeness (QED) is 0.272. The number of nitrogens with zero attached hydrogens (tertiary/aromatic N) is 9. The first kappa shape index (κ1) is 32.8. The summed E-state index contributed by atoms with van der Waals surface area (Å²) < 4.78 is 39.2. The Labute approximate surface area is 266 Å². The van der Waals surface area contributed by atoms with E-state index in [2.05, 4.69) is 32.6 Å². The van der Waals surface area contributed by atoms with Crippen molar-refractivity contribution in [3.8, 4) is 11.4 Å². The Morgan fingerprint density at radius 1 is 1.11 bits per heavy atom. The summed E-state index contributed by atoms with van der Waals surface area (Å²) >= 11 is 4.08. The van der Waals surface area contributed by atoms with E-state index in [1.807, 2.05) is 21.6 Å². The molecule has 3 saturated heterocycles. The number of alkyl halides is 2. The summed E-state index contributed by atoms with van der Waals surface area (Å²) in [5.41, 5.74) is 5.01. The molecule has 0 unspecified atom stereocenters. The van der Waals surface area contributed by atoms with Crippen LogP contribution in [-0.4, -0.2) is 125 Å². The van der Waals surface area contributed by atoms with Gasteiger partial charge in [0.25, 0.3) is 6.43 Å². The normalized spacial score (nSPS) is 20.3. The lowest BCUT2D eigenvalue weighted by Crippen LogP contribution is -2.50. The van der Waals surface area contributed by atoms with Crippen LogP contribution in [0.5, 0.6) is 0 Å². The first-order chi connectivity index (χ1) is 21.7. The average molecular weight is 650 g/mol. The molecule has 2 aromatic rings. The number of piperazine rings is 1. The van der Waals surface area contributed by atoms with Gasteiger partial charge in [0.05, 0.1) is 31.4 Å². The average Bonchev–Trinajstić information content (AvgIpc) is 3.05. The largest absolute Gasteiger partial charge is 0.861 e. The number of likely N-dealkylation sites (tertiary alicyclic amines) is 1. The molecule has 0 spiro atoms. The van der Waals surface area contributed by atoms with E-state index in [1.54, 1.807) is 11.0 Å². The zero-order valence-corrected chi connectivity index (χ0v) is 26.1. The third-order valence-corrected chi connectivity index (χ3v) is 8.39. The van der Waals surface area contributed by atoms with Crippen molar-refractivity contribution in [3.63, 3.8) is 0 Å². The van der Waals surface area contributed by atoms with E-state index in [9.17, 15) is 18.7 Å². The second-order valence-corrected chi connectivity index (χ2v) is 11.6. The molecular formula is C28H39F2N10O4S-. The van der Waals surface area contributed by atoms with E-state index in [1.165, 1.54) is 6.20 Å². The van der Waals surface area contributed by atoms with Crippen LogP contribution in [0.1, 0.15) is 31.9 Å². The molecule has 0 saturated carbocycles. The number of piperidine rings is 1. The Kier molecular flexibility index (Phi) is 11.0. The Balaban J connectivity index is 1.21. The minimum atomic E-state index is -2.91. The summed E-state index contributed by atoms with van der Waals surface area (Å²) in [4.78, 5) is 41.8. The highest BCUT2D eigenvalue weighted by molar-refractivity contribution is 7.80. The molecule has 3 fully saturated rings. The maximum absolute atomic E-state index is 13.9. The van der Waals surface area contributed by atoms with Gasteiger partial charge >= 0.3 is 0 Å². The number of nitrogen functional groups attached to an aromatic ring is 1. The van der Waals surface area contributed by atoms with E-state index in [4.69, 9.17) is 20.2 Å². The molecule has 1 amide bonds. The monoisotopic (exact) mass is 649 g/mol. The van der Waals surface area contributed by atoms with Crippen LogP contribution in [-0.2, 0) is 14.3 Å². The van der Waals surface area contributed by atoms with Gasteiger partial charge in [-0.05, 0) is 31.6 Å². The van der Waals surface area contributed by atoms with Gasteiger partial charge in [0.15, 0.2) is 5.82 Å². The highest BCUT2D eigenvalue weighted by atomic mass is 32.1. The van der Waals surface area contributed by atoms with Crippen LogP contribution < -0.4 is 20.6 Å². The molecule has 0 bridgehead atoms. The summed E-state index contributed by atoms with van der Waals surface area (Å²) in [6.45, 7) is 6.95. The van der Waals surface area contributed by atoms with Gasteiger partial charge in [0, 0.05) is 57.8 Å². The second kappa shape index (κ2) is 15.1. The van der Waals surface area contributed by atoms with Crippen LogP contribution in [0.25, 0.3) is 11.4 Å². The van der Waals surface area contributed by atoms with Crippen molar-refractivity contribution < 1.29 is 28.2 Å². The van der Waals surface area contributed by atoms with Crippen LogP contribution in [0.4, 0.5) is 26.6 Å². The van der Waals surface area contributed by atoms with Crippen molar-refractivity contribution in [2.75, 3.05) is 93.5 Å². The first-order valence-electron chi connectivity index (χ1n) is 15.1. The van der Waals surface area contributed by atoms with Gasteiger partial charge in [0.1, 0.15) is 12.3 Å². The number of amides is 1. The number of hydrogen-bond acceptors (Lipinski definition) is 14. The fourth-order valence-corrected chi connectivity index (χ4v) is 5.76. The first-order valence-corrected chi connectivity index (χ1v) is 15.7. The van der Waals surface area contributed by atoms with E-state index in [0.29, 0.717) is 89.2 Å². The molecule has 5 heterocycles. The van der Waals surface area contributed by atoms with Crippen molar-refractivity contribution in [1.29, 1.82) is 0 Å². The van der Waals surface area contributed by atoms with Crippen LogP contribution in [0, 0.1) is 5.92 Å². The van der Waals surface area contributed by atoms with Gasteiger partial charge in [-0.15, -0.1) is 0 Å². The fourth-order valence-electron chi connectivity index (χ4n) is 5.60. The molecule has 3 aliphatic heterocycles. The number of ether oxygens (including phenoxy) is 2. The molecule has 2 N–H and O–H groups in total. The molecule has 2 aromatic heterocycles. The SMILES string of the molecule is C[C@H]1COCCN1c1nc(-c2cnc(N)nc2C(F)F)nc(N2CCN(C(=O)COCC3CCN(/C([O-])=C\CS)CC3)CC2)n1. The third-order valence-electron chi connectivity index (χ3n) is 8.21. The van der Waals surface area contributed by atoms with Crippen molar-refractivity contribution in [1.82, 2.24) is 34.7 Å². The third kappa shape index (κ3) is 8.18. The van der Waals surface area contributed by atoms with E-state index in [-0.39, 0.29) is 41.8 Å². The van der Waals surface area contributed by atoms with Gasteiger partial charge in [-0.25, -0.2) is 18.7 Å². The van der Waals surface area contributed by atoms with Gasteiger partial charge in [-0.2, -0.15) is 27.6 Å². The Hall–Kier alpha value is -3.57. The Morgan fingerprint density at radius 2 is 1.84 bits per heavy atom. The number of aromatic nitrogens is 5. The molecule has 0 aromatic carbocycles. The number of hydrogen-bond donors (Lipinski definition) is 2. The van der Waals surface area contributed by atoms with Crippen LogP contribution in [0.3, 0.4) is 0 Å². The van der Waals surface area contributed by atoms with Gasteiger partial charge < -0.3 is 39.9 Å². The zero-order chi connectivity index (χ0) is 31.9. The summed E-state index contributed by atoms with van der Waals surface area (Å²) in [6, 6.07) is -0.0415. The number of halogens is 2.